The van der Waals surface area contributed by atoms with Crippen molar-refractivity contribution in [1.29, 1.82) is 0 Å². The van der Waals surface area contributed by atoms with E-state index >= 15 is 0 Å². The molecular weight excluding hydrogens is 204 g/mol. The Bertz CT molecular complexity index is 318. The minimum absolute atomic E-state index is 0.154. The molecule has 5 nitrogen and oxygen atoms in total. The van der Waals surface area contributed by atoms with Gasteiger partial charge in [-0.3, -0.25) is 4.79 Å². The average molecular weight is 216 g/mol. The van der Waals surface area contributed by atoms with Crippen LogP contribution in [0.4, 0.5) is 0 Å². The molecule has 3 N–H and O–H groups in total. The number of nitrogens with zero attached hydrogens (tertiary/aromatic N) is 1. The van der Waals surface area contributed by atoms with E-state index in [-0.39, 0.29) is 11.3 Å². The number of thioether (sulfide) groups is 1. The van der Waals surface area contributed by atoms with E-state index in [1.165, 1.54) is 16.7 Å². The Labute approximate surface area is 85.6 Å². The summed E-state index contributed by atoms with van der Waals surface area (Å²) in [6.45, 7) is 3.66. The molecule has 2 aliphatic rings. The molecular formula is C8H12N2O3S. The van der Waals surface area contributed by atoms with Crippen molar-refractivity contribution in [1.82, 2.24) is 4.90 Å². The summed E-state index contributed by atoms with van der Waals surface area (Å²) in [4.78, 5) is 23.8. The fourth-order valence-corrected chi connectivity index (χ4v) is 3.61. The van der Waals surface area contributed by atoms with Crippen LogP contribution in [-0.4, -0.2) is 44.1 Å². The molecule has 78 valence electrons. The molecule has 1 unspecified atom stereocenters. The van der Waals surface area contributed by atoms with Gasteiger partial charge in [0.15, 0.2) is 0 Å². The molecule has 2 rings (SSSR count). The number of aliphatic carboxylic acids is 1. The minimum atomic E-state index is -0.953. The summed E-state index contributed by atoms with van der Waals surface area (Å²) >= 11 is 1.47. The van der Waals surface area contributed by atoms with Gasteiger partial charge in [-0.05, 0) is 13.8 Å². The molecule has 0 bridgehead atoms. The Morgan fingerprint density at radius 1 is 1.64 bits per heavy atom. The van der Waals surface area contributed by atoms with Gasteiger partial charge in [0.1, 0.15) is 17.5 Å². The Hall–Kier alpha value is -0.750. The average Bonchev–Trinajstić information content (AvgIpc) is 2.34. The van der Waals surface area contributed by atoms with Crippen LogP contribution in [0.25, 0.3) is 0 Å². The van der Waals surface area contributed by atoms with E-state index < -0.39 is 22.8 Å². The van der Waals surface area contributed by atoms with Crippen molar-refractivity contribution in [3.05, 3.63) is 0 Å². The largest absolute Gasteiger partial charge is 0.480 e. The number of fused-ring (bicyclic) bond motifs is 1. The van der Waals surface area contributed by atoms with Gasteiger partial charge in [-0.15, -0.1) is 11.8 Å². The predicted molar refractivity (Wildman–Crippen MR) is 51.7 cm³/mol. The van der Waals surface area contributed by atoms with Gasteiger partial charge < -0.3 is 15.7 Å². The van der Waals surface area contributed by atoms with Gasteiger partial charge in [-0.1, -0.05) is 0 Å². The SMILES string of the molecule is CC1(C)SC2[C@@H](N)C(=O)N2[C@@H]1C(=O)O. The summed E-state index contributed by atoms with van der Waals surface area (Å²) in [5.41, 5.74) is 5.59. The van der Waals surface area contributed by atoms with Crippen LogP contribution in [0.5, 0.6) is 0 Å². The minimum Gasteiger partial charge on any atom is -0.480 e. The fraction of sp³-hybridized carbons (Fsp3) is 0.750. The van der Waals surface area contributed by atoms with E-state index in [1.54, 1.807) is 0 Å². The monoisotopic (exact) mass is 216 g/mol. The van der Waals surface area contributed by atoms with Crippen molar-refractivity contribution in [2.75, 3.05) is 0 Å². The first-order chi connectivity index (χ1) is 6.36. The van der Waals surface area contributed by atoms with Gasteiger partial charge in [0.25, 0.3) is 0 Å². The van der Waals surface area contributed by atoms with Crippen molar-refractivity contribution >= 4 is 23.6 Å². The summed E-state index contributed by atoms with van der Waals surface area (Å²) in [5.74, 6) is -1.20. The number of β-lactam (4-membered cyclic amide) rings is 1. The van der Waals surface area contributed by atoms with E-state index in [0.717, 1.165) is 0 Å². The third-order valence-electron chi connectivity index (χ3n) is 2.72. The lowest BCUT2D eigenvalue weighted by molar-refractivity contribution is -0.159. The lowest BCUT2D eigenvalue weighted by Crippen LogP contribution is -2.68. The van der Waals surface area contributed by atoms with Crippen molar-refractivity contribution in [3.8, 4) is 0 Å². The highest BCUT2D eigenvalue weighted by Gasteiger charge is 2.62. The molecule has 14 heavy (non-hydrogen) atoms. The van der Waals surface area contributed by atoms with Crippen LogP contribution in [0, 0.1) is 0 Å². The van der Waals surface area contributed by atoms with E-state index in [1.807, 2.05) is 13.8 Å². The van der Waals surface area contributed by atoms with Crippen LogP contribution in [0.3, 0.4) is 0 Å². The molecule has 2 aliphatic heterocycles. The fourth-order valence-electron chi connectivity index (χ4n) is 2.04. The van der Waals surface area contributed by atoms with E-state index in [4.69, 9.17) is 10.8 Å². The molecule has 0 spiro atoms. The highest BCUT2D eigenvalue weighted by atomic mass is 32.2. The summed E-state index contributed by atoms with van der Waals surface area (Å²) in [5, 5.41) is 8.87. The molecule has 0 aromatic carbocycles. The second-order valence-corrected chi connectivity index (χ2v) is 5.89. The first kappa shape index (κ1) is 9.79. The Kier molecular flexibility index (Phi) is 1.84. The highest BCUT2D eigenvalue weighted by Crippen LogP contribution is 2.50. The Morgan fingerprint density at radius 2 is 2.21 bits per heavy atom. The molecule has 2 saturated heterocycles. The molecule has 0 radical (unpaired) electrons. The van der Waals surface area contributed by atoms with Gasteiger partial charge in [-0.25, -0.2) is 4.79 Å². The summed E-state index contributed by atoms with van der Waals surface area (Å²) < 4.78 is -0.458. The van der Waals surface area contributed by atoms with E-state index in [0.29, 0.717) is 0 Å². The summed E-state index contributed by atoms with van der Waals surface area (Å²) in [6.07, 6.45) is 0. The molecule has 2 fully saturated rings. The number of rotatable bonds is 1. The quantitative estimate of drug-likeness (QED) is 0.575. The van der Waals surface area contributed by atoms with Gasteiger partial charge in [-0.2, -0.15) is 0 Å². The highest BCUT2D eigenvalue weighted by molar-refractivity contribution is 8.01. The maximum atomic E-state index is 11.4. The molecule has 0 aliphatic carbocycles. The molecule has 3 atom stereocenters. The second kappa shape index (κ2) is 2.64. The van der Waals surface area contributed by atoms with Crippen molar-refractivity contribution in [3.63, 3.8) is 0 Å². The molecule has 6 heteroatoms. The first-order valence-electron chi connectivity index (χ1n) is 4.34. The predicted octanol–water partition coefficient (Wildman–Crippen LogP) is -0.539. The van der Waals surface area contributed by atoms with E-state index in [9.17, 15) is 9.59 Å². The van der Waals surface area contributed by atoms with Crippen molar-refractivity contribution < 1.29 is 14.7 Å². The first-order valence-corrected chi connectivity index (χ1v) is 5.22. The standard InChI is InChI=1S/C8H12N2O3S/c1-8(2)4(7(12)13)10-5(11)3(9)6(10)14-8/h3-4,6H,9H2,1-2H3,(H,12,13)/t3-,4+,6?/m0/s1. The van der Waals surface area contributed by atoms with Crippen LogP contribution in [-0.2, 0) is 9.59 Å². The number of hydrogen-bond acceptors (Lipinski definition) is 4. The normalized spacial score (nSPS) is 39.2. The van der Waals surface area contributed by atoms with Crippen molar-refractivity contribution in [2.24, 2.45) is 5.73 Å². The number of carboxylic acid groups (broad SMARTS) is 1. The van der Waals surface area contributed by atoms with Crippen LogP contribution < -0.4 is 5.73 Å². The number of carbonyl (C=O) groups is 2. The van der Waals surface area contributed by atoms with Crippen molar-refractivity contribution in [2.45, 2.75) is 36.1 Å². The zero-order chi connectivity index (χ0) is 10.7. The second-order valence-electron chi connectivity index (χ2n) is 4.12. The number of carboxylic acids is 1. The lowest BCUT2D eigenvalue weighted by atomic mass is 9.96. The van der Waals surface area contributed by atoms with Crippen LogP contribution in [0.2, 0.25) is 0 Å². The third kappa shape index (κ3) is 1.01. The zero-order valence-electron chi connectivity index (χ0n) is 7.93. The van der Waals surface area contributed by atoms with Crippen LogP contribution >= 0.6 is 11.8 Å². The summed E-state index contributed by atoms with van der Waals surface area (Å²) in [7, 11) is 0. The molecule has 2 heterocycles. The van der Waals surface area contributed by atoms with Gasteiger partial charge in [0.05, 0.1) is 0 Å². The number of carbonyl (C=O) groups excluding carboxylic acids is 1. The van der Waals surface area contributed by atoms with Gasteiger partial charge in [0.2, 0.25) is 5.91 Å². The van der Waals surface area contributed by atoms with Gasteiger partial charge in [0, 0.05) is 4.75 Å². The number of nitrogens with two attached hydrogens (primary N) is 1. The van der Waals surface area contributed by atoms with Gasteiger partial charge >= 0.3 is 5.97 Å². The maximum absolute atomic E-state index is 11.4. The molecule has 0 aromatic rings. The van der Waals surface area contributed by atoms with Crippen LogP contribution in [0.1, 0.15) is 13.8 Å². The van der Waals surface area contributed by atoms with E-state index in [2.05, 4.69) is 0 Å². The lowest BCUT2D eigenvalue weighted by Gasteiger charge is -2.41. The topological polar surface area (TPSA) is 83.6 Å². The molecule has 1 amide bonds. The van der Waals surface area contributed by atoms with Crippen LogP contribution in [0.15, 0.2) is 0 Å². The number of hydrogen-bond donors (Lipinski definition) is 2. The summed E-state index contributed by atoms with van der Waals surface area (Å²) in [6, 6.07) is -1.27. The zero-order valence-corrected chi connectivity index (χ0v) is 8.75. The smallest absolute Gasteiger partial charge is 0.327 e. The molecule has 0 saturated carbocycles. The maximum Gasteiger partial charge on any atom is 0.327 e. The molecule has 0 aromatic heterocycles. The number of amides is 1. The Balaban J connectivity index is 2.32. The third-order valence-corrected chi connectivity index (χ3v) is 4.31. The Morgan fingerprint density at radius 3 is 2.71 bits per heavy atom.